The number of nitrogens with one attached hydrogen (secondary N) is 1. The molecule has 0 saturated carbocycles. The lowest BCUT2D eigenvalue weighted by atomic mass is 10.1. The maximum atomic E-state index is 13.1. The number of hydrogen-bond donors (Lipinski definition) is 1. The average Bonchev–Trinajstić information content (AvgIpc) is 3.17. The Hall–Kier alpha value is -3.16. The van der Waals surface area contributed by atoms with Crippen LogP contribution in [0.5, 0.6) is 0 Å². The van der Waals surface area contributed by atoms with E-state index in [2.05, 4.69) is 10.4 Å². The molecule has 0 radical (unpaired) electrons. The number of nitrogens with zero attached hydrogens (tertiary/aromatic N) is 4. The Morgan fingerprint density at radius 1 is 1.03 bits per heavy atom. The molecule has 3 amide bonds. The lowest BCUT2D eigenvalue weighted by Crippen LogP contribution is -2.54. The Balaban J connectivity index is 1.68. The van der Waals surface area contributed by atoms with Crippen LogP contribution in [0, 0.1) is 0 Å². The van der Waals surface area contributed by atoms with Gasteiger partial charge < -0.3 is 15.1 Å². The van der Waals surface area contributed by atoms with Gasteiger partial charge in [-0.25, -0.2) is 4.68 Å². The third-order valence-corrected chi connectivity index (χ3v) is 4.90. The van der Waals surface area contributed by atoms with Crippen LogP contribution in [-0.4, -0.2) is 69.5 Å². The van der Waals surface area contributed by atoms with Crippen LogP contribution < -0.4 is 5.32 Å². The zero-order valence-corrected chi connectivity index (χ0v) is 17.1. The molecule has 0 spiro atoms. The molecule has 1 aliphatic rings. The largest absolute Gasteiger partial charge is 0.346 e. The number of rotatable bonds is 4. The van der Waals surface area contributed by atoms with Crippen LogP contribution in [0.4, 0.5) is 0 Å². The summed E-state index contributed by atoms with van der Waals surface area (Å²) in [6, 6.07) is 9.61. The third-order valence-electron chi connectivity index (χ3n) is 4.90. The van der Waals surface area contributed by atoms with Crippen LogP contribution in [-0.2, 0) is 16.0 Å². The topological polar surface area (TPSA) is 87.5 Å². The minimum absolute atomic E-state index is 0.0945. The smallest absolute Gasteiger partial charge is 0.312 e. The molecule has 3 rings (SSSR count). The van der Waals surface area contributed by atoms with Crippen molar-refractivity contribution in [3.8, 4) is 5.69 Å². The highest BCUT2D eigenvalue weighted by molar-refractivity contribution is 6.35. The fourth-order valence-corrected chi connectivity index (χ4v) is 3.43. The molecule has 1 aromatic heterocycles. The Labute approximate surface area is 170 Å². The molecule has 1 N–H and O–H groups in total. The number of amides is 3. The van der Waals surface area contributed by atoms with Gasteiger partial charge in [0.1, 0.15) is 0 Å². The van der Waals surface area contributed by atoms with Crippen LogP contribution in [0.25, 0.3) is 5.69 Å². The van der Waals surface area contributed by atoms with Gasteiger partial charge in [-0.15, -0.1) is 0 Å². The molecular weight excluding hydrogens is 370 g/mol. The van der Waals surface area contributed by atoms with Gasteiger partial charge >= 0.3 is 11.8 Å². The van der Waals surface area contributed by atoms with Gasteiger partial charge in [0.25, 0.3) is 5.91 Å². The van der Waals surface area contributed by atoms with Crippen molar-refractivity contribution in [2.24, 2.45) is 0 Å². The molecule has 1 aliphatic heterocycles. The molecule has 2 aromatic rings. The summed E-state index contributed by atoms with van der Waals surface area (Å²) in [7, 11) is 0. The zero-order valence-electron chi connectivity index (χ0n) is 17.1. The zero-order chi connectivity index (χ0) is 21.0. The second kappa shape index (κ2) is 8.89. The Morgan fingerprint density at radius 2 is 1.66 bits per heavy atom. The van der Waals surface area contributed by atoms with E-state index in [-0.39, 0.29) is 11.9 Å². The quantitative estimate of drug-likeness (QED) is 0.787. The first kappa shape index (κ1) is 20.6. The summed E-state index contributed by atoms with van der Waals surface area (Å²) in [4.78, 5) is 40.4. The van der Waals surface area contributed by atoms with E-state index < -0.39 is 11.8 Å². The summed E-state index contributed by atoms with van der Waals surface area (Å²) in [6.07, 6.45) is 2.28. The Bertz CT molecular complexity index is 883. The normalized spacial score (nSPS) is 14.2. The SMILES string of the molecule is CCc1c(C(=O)N2CCN(C(=O)C(=O)NC(C)C)CC2)cnn1-c1ccccc1. The molecule has 0 atom stereocenters. The van der Waals surface area contributed by atoms with Crippen LogP contribution in [0.15, 0.2) is 36.5 Å². The number of para-hydroxylation sites is 1. The van der Waals surface area contributed by atoms with Gasteiger partial charge in [0, 0.05) is 32.2 Å². The van der Waals surface area contributed by atoms with Crippen molar-refractivity contribution in [2.75, 3.05) is 26.2 Å². The van der Waals surface area contributed by atoms with E-state index in [0.717, 1.165) is 11.4 Å². The number of hydrogen-bond acceptors (Lipinski definition) is 4. The number of aromatic nitrogens is 2. The van der Waals surface area contributed by atoms with Crippen LogP contribution >= 0.6 is 0 Å². The van der Waals surface area contributed by atoms with E-state index in [4.69, 9.17) is 0 Å². The molecule has 0 bridgehead atoms. The summed E-state index contributed by atoms with van der Waals surface area (Å²) in [5.74, 6) is -1.24. The second-order valence-electron chi connectivity index (χ2n) is 7.32. The number of benzene rings is 1. The Kier molecular flexibility index (Phi) is 6.31. The highest BCUT2D eigenvalue weighted by Crippen LogP contribution is 2.18. The molecule has 1 saturated heterocycles. The molecular formula is C21H27N5O3. The van der Waals surface area contributed by atoms with Gasteiger partial charge in [0.15, 0.2) is 0 Å². The number of carbonyl (C=O) groups excluding carboxylic acids is 3. The summed E-state index contributed by atoms with van der Waals surface area (Å²) in [5.41, 5.74) is 2.35. The van der Waals surface area contributed by atoms with Crippen molar-refractivity contribution in [3.05, 3.63) is 47.8 Å². The van der Waals surface area contributed by atoms with Crippen molar-refractivity contribution >= 4 is 17.7 Å². The maximum Gasteiger partial charge on any atom is 0.312 e. The van der Waals surface area contributed by atoms with Crippen molar-refractivity contribution in [1.29, 1.82) is 0 Å². The monoisotopic (exact) mass is 397 g/mol. The molecule has 0 aliphatic carbocycles. The van der Waals surface area contributed by atoms with Gasteiger partial charge in [-0.2, -0.15) is 5.10 Å². The molecule has 154 valence electrons. The van der Waals surface area contributed by atoms with E-state index >= 15 is 0 Å². The number of piperazine rings is 1. The summed E-state index contributed by atoms with van der Waals surface area (Å²) < 4.78 is 1.79. The van der Waals surface area contributed by atoms with Crippen molar-refractivity contribution in [3.63, 3.8) is 0 Å². The first-order valence-corrected chi connectivity index (χ1v) is 9.93. The lowest BCUT2D eigenvalue weighted by Gasteiger charge is -2.34. The van der Waals surface area contributed by atoms with E-state index in [9.17, 15) is 14.4 Å². The minimum Gasteiger partial charge on any atom is -0.346 e. The fourth-order valence-electron chi connectivity index (χ4n) is 3.43. The molecule has 0 unspecified atom stereocenters. The lowest BCUT2D eigenvalue weighted by molar-refractivity contribution is -0.147. The summed E-state index contributed by atoms with van der Waals surface area (Å²) in [6.45, 7) is 7.07. The van der Waals surface area contributed by atoms with Crippen molar-refractivity contribution in [1.82, 2.24) is 24.9 Å². The highest BCUT2D eigenvalue weighted by Gasteiger charge is 2.30. The molecule has 2 heterocycles. The van der Waals surface area contributed by atoms with E-state index in [0.29, 0.717) is 38.2 Å². The van der Waals surface area contributed by atoms with E-state index in [1.54, 1.807) is 15.8 Å². The van der Waals surface area contributed by atoms with E-state index in [1.165, 1.54) is 4.90 Å². The van der Waals surface area contributed by atoms with Crippen molar-refractivity contribution in [2.45, 2.75) is 33.2 Å². The van der Waals surface area contributed by atoms with Gasteiger partial charge in [0.2, 0.25) is 0 Å². The van der Waals surface area contributed by atoms with Crippen molar-refractivity contribution < 1.29 is 14.4 Å². The molecule has 1 aromatic carbocycles. The molecule has 8 nitrogen and oxygen atoms in total. The second-order valence-corrected chi connectivity index (χ2v) is 7.32. The fraction of sp³-hybridized carbons (Fsp3) is 0.429. The van der Waals surface area contributed by atoms with E-state index in [1.807, 2.05) is 51.1 Å². The van der Waals surface area contributed by atoms with Gasteiger partial charge in [-0.3, -0.25) is 14.4 Å². The maximum absolute atomic E-state index is 13.1. The summed E-state index contributed by atoms with van der Waals surface area (Å²) in [5, 5.41) is 7.03. The highest BCUT2D eigenvalue weighted by atomic mass is 16.2. The van der Waals surface area contributed by atoms with Crippen LogP contribution in [0.1, 0.15) is 36.8 Å². The first-order chi connectivity index (χ1) is 13.9. The minimum atomic E-state index is -0.600. The van der Waals surface area contributed by atoms with Gasteiger partial charge in [-0.1, -0.05) is 25.1 Å². The first-order valence-electron chi connectivity index (χ1n) is 9.93. The predicted molar refractivity (Wildman–Crippen MR) is 109 cm³/mol. The molecule has 29 heavy (non-hydrogen) atoms. The summed E-state index contributed by atoms with van der Waals surface area (Å²) >= 11 is 0. The average molecular weight is 397 g/mol. The molecule has 8 heteroatoms. The van der Waals surface area contributed by atoms with Crippen LogP contribution in [0.2, 0.25) is 0 Å². The standard InChI is InChI=1S/C21H27N5O3/c1-4-18-17(14-22-26(18)16-8-6-5-7-9-16)20(28)24-10-12-25(13-11-24)21(29)19(27)23-15(2)3/h5-9,14-15H,4,10-13H2,1-3H3,(H,23,27). The number of carbonyl (C=O) groups is 3. The molecule has 1 fully saturated rings. The van der Waals surface area contributed by atoms with Crippen LogP contribution in [0.3, 0.4) is 0 Å². The third kappa shape index (κ3) is 4.47. The van der Waals surface area contributed by atoms with Gasteiger partial charge in [0.05, 0.1) is 23.1 Å². The Morgan fingerprint density at radius 3 is 2.24 bits per heavy atom. The van der Waals surface area contributed by atoms with Gasteiger partial charge in [-0.05, 0) is 32.4 Å². The predicted octanol–water partition coefficient (Wildman–Crippen LogP) is 1.24.